The smallest absolute Gasteiger partial charge is 0.115 e. The highest BCUT2D eigenvalue weighted by atomic mass is 127. The molecule has 82 valence electrons. The van der Waals surface area contributed by atoms with E-state index in [2.05, 4.69) is 29.6 Å². The lowest BCUT2D eigenvalue weighted by molar-refractivity contribution is -0.709. The molecule has 3 rings (SSSR count). The lowest BCUT2D eigenvalue weighted by Crippen LogP contribution is -3.00. The summed E-state index contributed by atoms with van der Waals surface area (Å²) in [6.07, 6.45) is 16.1. The van der Waals surface area contributed by atoms with Crippen molar-refractivity contribution in [2.24, 2.45) is 0 Å². The highest BCUT2D eigenvalue weighted by molar-refractivity contribution is 5.36. The lowest BCUT2D eigenvalue weighted by Gasteiger charge is -2.33. The van der Waals surface area contributed by atoms with Gasteiger partial charge in [0.15, 0.2) is 0 Å². The molecule has 1 fully saturated rings. The molecular weight excluding hydrogens is 297 g/mol. The topological polar surface area (TPSA) is 16.6 Å². The fraction of sp³-hybridized carbons (Fsp3) is 0.538. The van der Waals surface area contributed by atoms with Crippen molar-refractivity contribution in [2.45, 2.75) is 44.2 Å². The summed E-state index contributed by atoms with van der Waals surface area (Å²) in [6.45, 7) is 0. The molecule has 0 radical (unpaired) electrons. The van der Waals surface area contributed by atoms with Gasteiger partial charge in [-0.1, -0.05) is 18.2 Å². The Labute approximate surface area is 109 Å². The van der Waals surface area contributed by atoms with Crippen molar-refractivity contribution in [1.29, 1.82) is 0 Å². The van der Waals surface area contributed by atoms with E-state index in [-0.39, 0.29) is 24.0 Å². The van der Waals surface area contributed by atoms with Gasteiger partial charge in [-0.2, -0.15) is 0 Å². The Balaban J connectivity index is 0.000000853. The first-order valence-corrected chi connectivity index (χ1v) is 5.86. The molecule has 1 heterocycles. The van der Waals surface area contributed by atoms with E-state index in [0.29, 0.717) is 0 Å². The number of allylic oxidation sites excluding steroid dienone is 2. The lowest BCUT2D eigenvalue weighted by atomic mass is 9.82. The predicted molar refractivity (Wildman–Crippen MR) is 57.9 cm³/mol. The van der Waals surface area contributed by atoms with E-state index >= 15 is 0 Å². The fourth-order valence-electron chi connectivity index (χ4n) is 2.97. The van der Waals surface area contributed by atoms with Crippen LogP contribution in [0.4, 0.5) is 0 Å². The molecule has 0 amide bonds. The molecule has 0 aromatic heterocycles. The summed E-state index contributed by atoms with van der Waals surface area (Å²) < 4.78 is 0. The van der Waals surface area contributed by atoms with Crippen LogP contribution in [-0.2, 0) is 0 Å². The molecule has 0 aromatic carbocycles. The van der Waals surface area contributed by atoms with E-state index in [0.717, 1.165) is 12.1 Å². The molecule has 15 heavy (non-hydrogen) atoms. The molecule has 1 nitrogen and oxygen atoms in total. The summed E-state index contributed by atoms with van der Waals surface area (Å²) in [5, 5.41) is 2.60. The van der Waals surface area contributed by atoms with E-state index in [9.17, 15) is 0 Å². The van der Waals surface area contributed by atoms with Gasteiger partial charge in [0.1, 0.15) is 12.1 Å². The Hall–Kier alpha value is -0.0900. The van der Waals surface area contributed by atoms with Gasteiger partial charge in [-0.25, -0.2) is 0 Å². The second-order valence-electron chi connectivity index (χ2n) is 4.70. The van der Waals surface area contributed by atoms with Crippen molar-refractivity contribution in [2.75, 3.05) is 0 Å². The van der Waals surface area contributed by atoms with Gasteiger partial charge in [-0.3, -0.25) is 0 Å². The second-order valence-corrected chi connectivity index (χ2v) is 4.70. The minimum absolute atomic E-state index is 0. The molecule has 2 unspecified atom stereocenters. The van der Waals surface area contributed by atoms with Crippen LogP contribution >= 0.6 is 0 Å². The molecule has 2 aliphatic carbocycles. The molecule has 1 aliphatic heterocycles. The van der Waals surface area contributed by atoms with Crippen LogP contribution < -0.4 is 29.3 Å². The van der Waals surface area contributed by atoms with Gasteiger partial charge >= 0.3 is 0 Å². The van der Waals surface area contributed by atoms with Crippen LogP contribution in [0.3, 0.4) is 0 Å². The molecule has 0 spiro atoms. The zero-order chi connectivity index (χ0) is 9.38. The summed E-state index contributed by atoms with van der Waals surface area (Å²) in [5.41, 5.74) is 3.26. The third kappa shape index (κ3) is 2.21. The van der Waals surface area contributed by atoms with Crippen LogP contribution in [0.15, 0.2) is 35.5 Å². The number of rotatable bonds is 0. The maximum Gasteiger partial charge on any atom is 0.115 e. The highest BCUT2D eigenvalue weighted by Gasteiger charge is 2.31. The van der Waals surface area contributed by atoms with Crippen molar-refractivity contribution in [1.82, 2.24) is 0 Å². The summed E-state index contributed by atoms with van der Waals surface area (Å²) in [7, 11) is 0. The Morgan fingerprint density at radius 3 is 3.07 bits per heavy atom. The van der Waals surface area contributed by atoms with E-state index in [1.807, 2.05) is 0 Å². The second kappa shape index (κ2) is 4.83. The zero-order valence-electron chi connectivity index (χ0n) is 8.95. The van der Waals surface area contributed by atoms with Gasteiger partial charge in [-0.15, -0.1) is 0 Å². The van der Waals surface area contributed by atoms with Crippen molar-refractivity contribution in [3.8, 4) is 0 Å². The van der Waals surface area contributed by atoms with Gasteiger partial charge < -0.3 is 29.3 Å². The largest absolute Gasteiger partial charge is 1.00 e. The molecule has 2 atom stereocenters. The number of fused-ring (bicyclic) bond motifs is 2. The molecule has 1 saturated carbocycles. The Kier molecular flexibility index (Phi) is 3.67. The minimum Gasteiger partial charge on any atom is -1.00 e. The summed E-state index contributed by atoms with van der Waals surface area (Å²) >= 11 is 0. The molecule has 3 aliphatic rings. The summed E-state index contributed by atoms with van der Waals surface area (Å²) in [6, 6.07) is 1.55. The number of hydrogen-bond acceptors (Lipinski definition) is 0. The molecule has 0 aromatic rings. The van der Waals surface area contributed by atoms with Crippen LogP contribution in [0.1, 0.15) is 32.1 Å². The van der Waals surface area contributed by atoms with E-state index in [4.69, 9.17) is 0 Å². The first-order chi connectivity index (χ1) is 6.93. The van der Waals surface area contributed by atoms with Crippen molar-refractivity contribution in [3.63, 3.8) is 0 Å². The van der Waals surface area contributed by atoms with Crippen molar-refractivity contribution >= 4 is 0 Å². The summed E-state index contributed by atoms with van der Waals surface area (Å²) in [5.74, 6) is 0. The Bertz CT molecular complexity index is 327. The van der Waals surface area contributed by atoms with Gasteiger partial charge in [0.05, 0.1) is 0 Å². The standard InChI is InChI=1S/C13H17N.HI/c1-3-7-12-10(5-1)9-11-6-2-4-8-13(11)14-12;/h1,3,5,9,12-14H,2,4,6-8H2;1H. The molecule has 0 bridgehead atoms. The third-order valence-corrected chi connectivity index (χ3v) is 3.77. The first-order valence-electron chi connectivity index (χ1n) is 5.86. The maximum absolute atomic E-state index is 2.60. The SMILES string of the molecule is C1=CCC2[NH2+]C3CCCCC3=CC2=C1.[I-]. The average molecular weight is 315 g/mol. The molecule has 2 heteroatoms. The Morgan fingerprint density at radius 2 is 2.13 bits per heavy atom. The molecule has 0 saturated heterocycles. The average Bonchev–Trinajstić information content (AvgIpc) is 2.26. The molecular formula is C13H18IN. The number of hydrogen-bond donors (Lipinski definition) is 1. The Morgan fingerprint density at radius 1 is 1.20 bits per heavy atom. The van der Waals surface area contributed by atoms with Crippen LogP contribution in [0.5, 0.6) is 0 Å². The maximum atomic E-state index is 2.60. The third-order valence-electron chi connectivity index (χ3n) is 3.77. The van der Waals surface area contributed by atoms with Gasteiger partial charge in [-0.05, 0) is 30.9 Å². The molecule has 2 N–H and O–H groups in total. The van der Waals surface area contributed by atoms with E-state index < -0.39 is 0 Å². The number of nitrogens with two attached hydrogens (primary N) is 1. The quantitative estimate of drug-likeness (QED) is 0.535. The van der Waals surface area contributed by atoms with Crippen LogP contribution in [0, 0.1) is 0 Å². The van der Waals surface area contributed by atoms with Gasteiger partial charge in [0.25, 0.3) is 0 Å². The monoisotopic (exact) mass is 315 g/mol. The van der Waals surface area contributed by atoms with Gasteiger partial charge in [0, 0.05) is 18.4 Å². The van der Waals surface area contributed by atoms with Crippen molar-refractivity contribution in [3.05, 3.63) is 35.5 Å². The normalized spacial score (nSPS) is 33.1. The number of halogens is 1. The van der Waals surface area contributed by atoms with Crippen LogP contribution in [0.2, 0.25) is 0 Å². The van der Waals surface area contributed by atoms with E-state index in [1.165, 1.54) is 32.1 Å². The summed E-state index contributed by atoms with van der Waals surface area (Å²) in [4.78, 5) is 0. The van der Waals surface area contributed by atoms with Crippen molar-refractivity contribution < 1.29 is 29.3 Å². The number of quaternary nitrogens is 1. The van der Waals surface area contributed by atoms with Crippen LogP contribution in [0.25, 0.3) is 0 Å². The van der Waals surface area contributed by atoms with E-state index in [1.54, 1.807) is 11.1 Å². The van der Waals surface area contributed by atoms with Gasteiger partial charge in [0.2, 0.25) is 0 Å². The fourth-order valence-corrected chi connectivity index (χ4v) is 2.97. The van der Waals surface area contributed by atoms with Crippen LogP contribution in [-0.4, -0.2) is 12.1 Å². The zero-order valence-corrected chi connectivity index (χ0v) is 11.1. The highest BCUT2D eigenvalue weighted by Crippen LogP contribution is 2.27. The minimum atomic E-state index is 0. The predicted octanol–water partition coefficient (Wildman–Crippen LogP) is -1.31. The first kappa shape index (κ1) is 11.4.